The second-order valence-corrected chi connectivity index (χ2v) is 3.37. The molecule has 8 heteroatoms. The highest BCUT2D eigenvalue weighted by atomic mass is 16.2. The molecule has 1 unspecified atom stereocenters. The summed E-state index contributed by atoms with van der Waals surface area (Å²) in [4.78, 5) is 26.7. The number of aromatic nitrogens is 3. The number of hydrogen-bond donors (Lipinski definition) is 3. The van der Waals surface area contributed by atoms with Crippen LogP contribution in [0.2, 0.25) is 0 Å². The van der Waals surface area contributed by atoms with E-state index in [0.717, 1.165) is 0 Å². The summed E-state index contributed by atoms with van der Waals surface area (Å²) < 4.78 is 1.36. The highest BCUT2D eigenvalue weighted by Crippen LogP contribution is 2.03. The molecule has 3 amide bonds. The maximum absolute atomic E-state index is 11.6. The molecule has 0 aliphatic carbocycles. The fourth-order valence-electron chi connectivity index (χ4n) is 1.13. The summed E-state index contributed by atoms with van der Waals surface area (Å²) in [7, 11) is 0. The third-order valence-electron chi connectivity index (χ3n) is 2.09. The van der Waals surface area contributed by atoms with Gasteiger partial charge in [-0.1, -0.05) is 0 Å². The lowest BCUT2D eigenvalue weighted by Gasteiger charge is -2.11. The van der Waals surface area contributed by atoms with Crippen LogP contribution in [-0.2, 0) is 11.3 Å². The molecule has 1 rings (SSSR count). The monoisotopic (exact) mass is 240 g/mol. The number of rotatable bonds is 4. The minimum absolute atomic E-state index is 0.206. The van der Waals surface area contributed by atoms with Gasteiger partial charge >= 0.3 is 6.03 Å². The van der Waals surface area contributed by atoms with Gasteiger partial charge in [0.1, 0.15) is 12.4 Å². The number of carbonyl (C=O) groups is 2. The van der Waals surface area contributed by atoms with Crippen molar-refractivity contribution in [3.05, 3.63) is 12.2 Å². The van der Waals surface area contributed by atoms with Gasteiger partial charge < -0.3 is 11.1 Å². The Balaban J connectivity index is 2.60. The van der Waals surface area contributed by atoms with E-state index in [-0.39, 0.29) is 6.54 Å². The topological polar surface area (TPSA) is 115 Å². The zero-order valence-corrected chi connectivity index (χ0v) is 9.80. The maximum atomic E-state index is 11.6. The summed E-state index contributed by atoms with van der Waals surface area (Å²) in [6, 6.07) is -1.14. The van der Waals surface area contributed by atoms with Gasteiger partial charge in [-0.3, -0.25) is 10.1 Å². The van der Waals surface area contributed by atoms with Crippen LogP contribution in [0.1, 0.15) is 25.7 Å². The molecule has 1 aromatic rings. The Kier molecular flexibility index (Phi) is 4.58. The number of imide groups is 1. The molecule has 0 aromatic carbocycles. The second kappa shape index (κ2) is 5.94. The van der Waals surface area contributed by atoms with Crippen molar-refractivity contribution in [1.82, 2.24) is 25.4 Å². The van der Waals surface area contributed by atoms with Crippen LogP contribution in [0.5, 0.6) is 0 Å². The Labute approximate surface area is 98.6 Å². The average molecular weight is 240 g/mol. The molecule has 1 heterocycles. The van der Waals surface area contributed by atoms with Gasteiger partial charge in [-0.05, 0) is 13.8 Å². The summed E-state index contributed by atoms with van der Waals surface area (Å²) in [6.07, 6.45) is 1.41. The first-order valence-corrected chi connectivity index (χ1v) is 5.27. The summed E-state index contributed by atoms with van der Waals surface area (Å²) in [5, 5.41) is 8.65. The van der Waals surface area contributed by atoms with Gasteiger partial charge in [0.2, 0.25) is 0 Å². The fraction of sp³-hybridized carbons (Fsp3) is 0.556. The standard InChI is InChI=1S/C9H16N6O2/c1-3-11-9(17)13-8(16)6(2)15-5-12-7(4-10)14-15/h5-6H,3-4,10H2,1-2H3,(H2,11,13,16,17). The fourth-order valence-corrected chi connectivity index (χ4v) is 1.13. The normalized spacial score (nSPS) is 11.9. The lowest BCUT2D eigenvalue weighted by Crippen LogP contribution is -2.42. The summed E-state index contributed by atoms with van der Waals surface area (Å²) in [5.74, 6) is -0.00733. The van der Waals surface area contributed by atoms with E-state index in [2.05, 4.69) is 20.7 Å². The molecule has 0 aliphatic heterocycles. The van der Waals surface area contributed by atoms with Crippen LogP contribution >= 0.6 is 0 Å². The second-order valence-electron chi connectivity index (χ2n) is 3.37. The molecule has 0 bridgehead atoms. The molecule has 0 spiro atoms. The SMILES string of the molecule is CCNC(=O)NC(=O)C(C)n1cnc(CN)n1. The van der Waals surface area contributed by atoms with E-state index in [0.29, 0.717) is 12.4 Å². The Hall–Kier alpha value is -1.96. The zero-order chi connectivity index (χ0) is 12.8. The molecule has 17 heavy (non-hydrogen) atoms. The van der Waals surface area contributed by atoms with Gasteiger partial charge in [-0.2, -0.15) is 5.10 Å². The molecule has 1 atom stereocenters. The van der Waals surface area contributed by atoms with Crippen LogP contribution in [0.4, 0.5) is 4.79 Å². The Morgan fingerprint density at radius 2 is 2.29 bits per heavy atom. The molecule has 0 fully saturated rings. The number of urea groups is 1. The Bertz CT molecular complexity index is 402. The van der Waals surface area contributed by atoms with Crippen molar-refractivity contribution in [2.24, 2.45) is 5.73 Å². The van der Waals surface area contributed by atoms with Crippen LogP contribution in [0, 0.1) is 0 Å². The van der Waals surface area contributed by atoms with Crippen molar-refractivity contribution < 1.29 is 9.59 Å². The number of nitrogens with two attached hydrogens (primary N) is 1. The van der Waals surface area contributed by atoms with Crippen LogP contribution in [0.15, 0.2) is 6.33 Å². The van der Waals surface area contributed by atoms with Crippen molar-refractivity contribution in [3.8, 4) is 0 Å². The maximum Gasteiger partial charge on any atom is 0.321 e. The van der Waals surface area contributed by atoms with Crippen molar-refractivity contribution in [1.29, 1.82) is 0 Å². The van der Waals surface area contributed by atoms with Crippen molar-refractivity contribution >= 4 is 11.9 Å². The van der Waals surface area contributed by atoms with E-state index in [9.17, 15) is 9.59 Å². The number of nitrogens with zero attached hydrogens (tertiary/aromatic N) is 3. The molecule has 94 valence electrons. The highest BCUT2D eigenvalue weighted by Gasteiger charge is 2.18. The Morgan fingerprint density at radius 3 is 2.82 bits per heavy atom. The first-order chi connectivity index (χ1) is 8.08. The summed E-state index contributed by atoms with van der Waals surface area (Å²) in [6.45, 7) is 4.04. The summed E-state index contributed by atoms with van der Waals surface area (Å²) in [5.41, 5.74) is 5.36. The van der Waals surface area contributed by atoms with E-state index in [1.807, 2.05) is 0 Å². The Morgan fingerprint density at radius 1 is 1.59 bits per heavy atom. The quantitative estimate of drug-likeness (QED) is 0.633. The third kappa shape index (κ3) is 3.52. The van der Waals surface area contributed by atoms with Crippen LogP contribution in [0.3, 0.4) is 0 Å². The molecule has 0 saturated carbocycles. The van der Waals surface area contributed by atoms with Crippen molar-refractivity contribution in [3.63, 3.8) is 0 Å². The van der Waals surface area contributed by atoms with Gasteiger partial charge in [0, 0.05) is 6.54 Å². The predicted octanol–water partition coefficient (Wildman–Crippen LogP) is -0.856. The first kappa shape index (κ1) is 13.1. The van der Waals surface area contributed by atoms with Crippen molar-refractivity contribution in [2.75, 3.05) is 6.54 Å². The van der Waals surface area contributed by atoms with Gasteiger partial charge in [-0.15, -0.1) is 0 Å². The van der Waals surface area contributed by atoms with E-state index < -0.39 is 18.0 Å². The molecular weight excluding hydrogens is 224 g/mol. The van der Waals surface area contributed by atoms with Gasteiger partial charge in [0.05, 0.1) is 6.54 Å². The van der Waals surface area contributed by atoms with Gasteiger partial charge in [0.15, 0.2) is 5.82 Å². The van der Waals surface area contributed by atoms with E-state index in [4.69, 9.17) is 5.73 Å². The van der Waals surface area contributed by atoms with E-state index in [1.165, 1.54) is 11.0 Å². The molecule has 0 saturated heterocycles. The molecular formula is C9H16N6O2. The zero-order valence-electron chi connectivity index (χ0n) is 9.80. The smallest absolute Gasteiger partial charge is 0.321 e. The molecule has 4 N–H and O–H groups in total. The highest BCUT2D eigenvalue weighted by molar-refractivity contribution is 5.95. The van der Waals surface area contributed by atoms with Gasteiger partial charge in [-0.25, -0.2) is 14.5 Å². The molecule has 1 aromatic heterocycles. The molecule has 8 nitrogen and oxygen atoms in total. The number of nitrogens with one attached hydrogen (secondary N) is 2. The van der Waals surface area contributed by atoms with Crippen LogP contribution in [-0.4, -0.2) is 33.2 Å². The minimum atomic E-state index is -0.620. The number of amides is 3. The lowest BCUT2D eigenvalue weighted by atomic mass is 10.3. The molecule has 0 radical (unpaired) electrons. The largest absolute Gasteiger partial charge is 0.338 e. The first-order valence-electron chi connectivity index (χ1n) is 5.27. The third-order valence-corrected chi connectivity index (χ3v) is 2.09. The predicted molar refractivity (Wildman–Crippen MR) is 59.8 cm³/mol. The lowest BCUT2D eigenvalue weighted by molar-refractivity contribution is -0.123. The van der Waals surface area contributed by atoms with Crippen molar-refractivity contribution in [2.45, 2.75) is 26.4 Å². The minimum Gasteiger partial charge on any atom is -0.338 e. The average Bonchev–Trinajstić information content (AvgIpc) is 2.76. The van der Waals surface area contributed by atoms with E-state index >= 15 is 0 Å². The van der Waals surface area contributed by atoms with Crippen LogP contribution < -0.4 is 16.4 Å². The molecule has 0 aliphatic rings. The summed E-state index contributed by atoms with van der Waals surface area (Å²) >= 11 is 0. The number of carbonyl (C=O) groups excluding carboxylic acids is 2. The van der Waals surface area contributed by atoms with Crippen LogP contribution in [0.25, 0.3) is 0 Å². The van der Waals surface area contributed by atoms with Gasteiger partial charge in [0.25, 0.3) is 5.91 Å². The van der Waals surface area contributed by atoms with E-state index in [1.54, 1.807) is 13.8 Å². The number of hydrogen-bond acceptors (Lipinski definition) is 5.